The van der Waals surface area contributed by atoms with Crippen LogP contribution in [0, 0.1) is 0 Å². The second kappa shape index (κ2) is 5.52. The number of rotatable bonds is 2. The predicted molar refractivity (Wildman–Crippen MR) is 103 cm³/mol. The molecule has 0 aliphatic carbocycles. The van der Waals surface area contributed by atoms with Gasteiger partial charge in [0.05, 0.1) is 0 Å². The van der Waals surface area contributed by atoms with Crippen LogP contribution in [0.3, 0.4) is 0 Å². The maximum absolute atomic E-state index is 2.43. The van der Waals surface area contributed by atoms with E-state index in [1.807, 2.05) is 0 Å². The fourth-order valence-corrected chi connectivity index (χ4v) is 5.32. The standard InChI is InChI=1S/C22H15NSe/c1-2-8-16(9-3-1)22-21(14-15-24-22)23-19-12-6-4-10-17(19)18-11-5-7-13-20(18)23/h1-15H. The second-order valence-corrected chi connectivity index (χ2v) is 7.79. The summed E-state index contributed by atoms with van der Waals surface area (Å²) in [6.07, 6.45) is 0. The summed E-state index contributed by atoms with van der Waals surface area (Å²) in [6, 6.07) is 30.5. The van der Waals surface area contributed by atoms with Gasteiger partial charge in [-0.3, -0.25) is 0 Å². The van der Waals surface area contributed by atoms with Gasteiger partial charge in [-0.15, -0.1) is 0 Å². The van der Waals surface area contributed by atoms with E-state index in [-0.39, 0.29) is 0 Å². The summed E-state index contributed by atoms with van der Waals surface area (Å²) in [5, 5.41) is 2.64. The average Bonchev–Trinajstić information content (AvgIpc) is 3.24. The minimum atomic E-state index is 0.378. The molecule has 0 bridgehead atoms. The first kappa shape index (κ1) is 13.9. The number of hydrogen-bond donors (Lipinski definition) is 0. The van der Waals surface area contributed by atoms with Gasteiger partial charge in [-0.2, -0.15) is 0 Å². The Morgan fingerprint density at radius 2 is 1.17 bits per heavy atom. The van der Waals surface area contributed by atoms with E-state index in [1.165, 1.54) is 37.5 Å². The normalized spacial score (nSPS) is 11.3. The molecule has 0 N–H and O–H groups in total. The zero-order valence-corrected chi connectivity index (χ0v) is 14.7. The van der Waals surface area contributed by atoms with Crippen LogP contribution < -0.4 is 0 Å². The summed E-state index contributed by atoms with van der Waals surface area (Å²) in [5.74, 6) is 0. The summed E-state index contributed by atoms with van der Waals surface area (Å²) >= 11 is 0.378. The molecule has 2 aromatic heterocycles. The maximum atomic E-state index is 2.43. The van der Waals surface area contributed by atoms with Crippen molar-refractivity contribution in [2.45, 2.75) is 0 Å². The van der Waals surface area contributed by atoms with Gasteiger partial charge in [0.25, 0.3) is 0 Å². The number of benzene rings is 3. The molecule has 5 rings (SSSR count). The molecular formula is C22H15NSe. The van der Waals surface area contributed by atoms with Crippen molar-refractivity contribution in [2.75, 3.05) is 0 Å². The quantitative estimate of drug-likeness (QED) is 0.360. The number of fused-ring (bicyclic) bond motifs is 3. The zero-order valence-electron chi connectivity index (χ0n) is 13.0. The summed E-state index contributed by atoms with van der Waals surface area (Å²) in [4.78, 5) is 2.33. The molecule has 0 saturated carbocycles. The van der Waals surface area contributed by atoms with Crippen LogP contribution in [0.5, 0.6) is 0 Å². The fourth-order valence-electron chi connectivity index (χ4n) is 3.47. The van der Waals surface area contributed by atoms with Crippen LogP contribution >= 0.6 is 0 Å². The molecule has 0 aliphatic heterocycles. The molecule has 1 nitrogen and oxygen atoms in total. The van der Waals surface area contributed by atoms with Crippen molar-refractivity contribution in [2.24, 2.45) is 0 Å². The molecular weight excluding hydrogens is 357 g/mol. The van der Waals surface area contributed by atoms with E-state index in [0.717, 1.165) is 0 Å². The topological polar surface area (TPSA) is 4.93 Å². The number of para-hydroxylation sites is 2. The molecule has 0 aliphatic rings. The van der Waals surface area contributed by atoms with E-state index in [4.69, 9.17) is 0 Å². The minimum absolute atomic E-state index is 0.378. The first-order chi connectivity index (χ1) is 11.9. The molecule has 5 aromatic rings. The predicted octanol–water partition coefficient (Wildman–Crippen LogP) is 5.51. The van der Waals surface area contributed by atoms with Crippen molar-refractivity contribution in [1.82, 2.24) is 4.57 Å². The van der Waals surface area contributed by atoms with Crippen molar-refractivity contribution < 1.29 is 0 Å². The van der Waals surface area contributed by atoms with Crippen LogP contribution in [0.15, 0.2) is 89.9 Å². The Hall–Kier alpha value is -2.54. The number of nitrogens with zero attached hydrogens (tertiary/aromatic N) is 1. The van der Waals surface area contributed by atoms with Crippen LogP contribution in [0.25, 0.3) is 37.5 Å². The molecule has 0 saturated heterocycles. The molecule has 0 spiro atoms. The van der Waals surface area contributed by atoms with E-state index in [2.05, 4.69) is 94.4 Å². The average molecular weight is 372 g/mol. The second-order valence-electron chi connectivity index (χ2n) is 5.87. The van der Waals surface area contributed by atoms with Gasteiger partial charge in [0.15, 0.2) is 0 Å². The van der Waals surface area contributed by atoms with Gasteiger partial charge < -0.3 is 0 Å². The molecule has 24 heavy (non-hydrogen) atoms. The van der Waals surface area contributed by atoms with Gasteiger partial charge in [-0.1, -0.05) is 0 Å². The van der Waals surface area contributed by atoms with Crippen LogP contribution in [0.4, 0.5) is 0 Å². The van der Waals surface area contributed by atoms with Gasteiger partial charge in [0.2, 0.25) is 0 Å². The molecule has 0 radical (unpaired) electrons. The van der Waals surface area contributed by atoms with Gasteiger partial charge in [-0.25, -0.2) is 0 Å². The number of aromatic nitrogens is 1. The Morgan fingerprint density at radius 3 is 1.83 bits per heavy atom. The monoisotopic (exact) mass is 373 g/mol. The number of hydrogen-bond acceptors (Lipinski definition) is 0. The third-order valence-corrected chi connectivity index (χ3v) is 6.50. The third-order valence-electron chi connectivity index (χ3n) is 4.50. The van der Waals surface area contributed by atoms with Crippen LogP contribution in [-0.2, 0) is 0 Å². The van der Waals surface area contributed by atoms with E-state index in [1.54, 1.807) is 0 Å². The summed E-state index contributed by atoms with van der Waals surface area (Å²) in [6.45, 7) is 0. The van der Waals surface area contributed by atoms with Crippen LogP contribution in [0.1, 0.15) is 0 Å². The van der Waals surface area contributed by atoms with Crippen molar-refractivity contribution in [3.8, 4) is 15.7 Å². The van der Waals surface area contributed by atoms with Gasteiger partial charge >= 0.3 is 146 Å². The van der Waals surface area contributed by atoms with Crippen molar-refractivity contribution >= 4 is 36.3 Å². The molecule has 2 heteroatoms. The van der Waals surface area contributed by atoms with E-state index in [0.29, 0.717) is 14.5 Å². The van der Waals surface area contributed by atoms with Crippen molar-refractivity contribution in [3.63, 3.8) is 0 Å². The van der Waals surface area contributed by atoms with Gasteiger partial charge in [0.1, 0.15) is 0 Å². The molecule has 114 valence electrons. The first-order valence-corrected chi connectivity index (χ1v) is 9.89. The van der Waals surface area contributed by atoms with E-state index < -0.39 is 0 Å². The summed E-state index contributed by atoms with van der Waals surface area (Å²) in [7, 11) is 0. The SMILES string of the molecule is c1ccc(-c2[se]ccc2-n2c3ccccc3c3ccccc32)cc1. The van der Waals surface area contributed by atoms with Gasteiger partial charge in [0, 0.05) is 0 Å². The van der Waals surface area contributed by atoms with E-state index >= 15 is 0 Å². The Kier molecular flexibility index (Phi) is 3.19. The first-order valence-electron chi connectivity index (χ1n) is 8.05. The molecule has 3 aromatic carbocycles. The molecule has 0 atom stereocenters. The zero-order chi connectivity index (χ0) is 15.9. The Labute approximate surface area is 146 Å². The molecule has 2 heterocycles. The Bertz CT molecular complexity index is 1100. The fraction of sp³-hybridized carbons (Fsp3) is 0. The van der Waals surface area contributed by atoms with Crippen LogP contribution in [-0.4, -0.2) is 19.1 Å². The van der Waals surface area contributed by atoms with Crippen molar-refractivity contribution in [1.29, 1.82) is 0 Å². The Balaban J connectivity index is 1.89. The Morgan fingerprint density at radius 1 is 0.583 bits per heavy atom. The van der Waals surface area contributed by atoms with E-state index in [9.17, 15) is 0 Å². The third kappa shape index (κ3) is 2.01. The molecule has 0 fully saturated rings. The van der Waals surface area contributed by atoms with Crippen LogP contribution in [0.2, 0.25) is 0 Å². The van der Waals surface area contributed by atoms with Crippen molar-refractivity contribution in [3.05, 3.63) is 89.9 Å². The van der Waals surface area contributed by atoms with Gasteiger partial charge in [-0.05, 0) is 0 Å². The summed E-state index contributed by atoms with van der Waals surface area (Å²) in [5.41, 5.74) is 5.21. The molecule has 0 amide bonds. The molecule has 0 unspecified atom stereocenters. The summed E-state index contributed by atoms with van der Waals surface area (Å²) < 4.78 is 3.88.